The van der Waals surface area contributed by atoms with Crippen LogP contribution < -0.4 is 14.4 Å². The van der Waals surface area contributed by atoms with Gasteiger partial charge in [-0.15, -0.1) is 0 Å². The van der Waals surface area contributed by atoms with Crippen molar-refractivity contribution < 1.29 is 17.9 Å². The zero-order valence-electron chi connectivity index (χ0n) is 14.9. The fourth-order valence-electron chi connectivity index (χ4n) is 3.07. The van der Waals surface area contributed by atoms with Gasteiger partial charge >= 0.3 is 0 Å². The maximum Gasteiger partial charge on any atom is 0.233 e. The maximum absolute atomic E-state index is 12.4. The lowest BCUT2D eigenvalue weighted by Gasteiger charge is -2.15. The Morgan fingerprint density at radius 1 is 1.19 bits per heavy atom. The molecule has 0 aliphatic carbocycles. The Balaban J connectivity index is 1.65. The topological polar surface area (TPSA) is 75.7 Å². The number of amides is 1. The van der Waals surface area contributed by atoms with E-state index < -0.39 is 10.0 Å². The number of methoxy groups -OCH3 is 1. The highest BCUT2D eigenvalue weighted by atomic mass is 32.2. The molecule has 0 bridgehead atoms. The number of nitrogens with one attached hydrogen (secondary N) is 1. The van der Waals surface area contributed by atoms with Crippen LogP contribution in [-0.4, -0.2) is 33.7 Å². The fraction of sp³-hybridized carbons (Fsp3) is 0.316. The molecule has 1 heterocycles. The van der Waals surface area contributed by atoms with Crippen molar-refractivity contribution in [3.63, 3.8) is 0 Å². The minimum absolute atomic E-state index is 0.00317. The van der Waals surface area contributed by atoms with E-state index in [0.717, 1.165) is 29.0 Å². The first-order chi connectivity index (χ1) is 12.4. The number of carbonyl (C=O) groups is 1. The van der Waals surface area contributed by atoms with Gasteiger partial charge in [0.15, 0.2) is 0 Å². The van der Waals surface area contributed by atoms with Gasteiger partial charge in [-0.3, -0.25) is 9.52 Å². The first-order valence-corrected chi connectivity index (χ1v) is 10.1. The van der Waals surface area contributed by atoms with Gasteiger partial charge in [-0.25, -0.2) is 8.42 Å². The SMILES string of the molecule is COc1ccc(CCS(=O)(=O)Nc2ccc3c(c2)CCN3C(C)=O)cc1. The molecule has 7 heteroatoms. The lowest BCUT2D eigenvalue weighted by molar-refractivity contribution is -0.116. The molecule has 0 saturated heterocycles. The molecule has 3 rings (SSSR count). The molecule has 138 valence electrons. The lowest BCUT2D eigenvalue weighted by atomic mass is 10.1. The van der Waals surface area contributed by atoms with E-state index in [9.17, 15) is 13.2 Å². The zero-order valence-corrected chi connectivity index (χ0v) is 15.7. The summed E-state index contributed by atoms with van der Waals surface area (Å²) in [6.07, 6.45) is 1.15. The molecule has 1 amide bonds. The van der Waals surface area contributed by atoms with Crippen molar-refractivity contribution in [2.75, 3.05) is 29.0 Å². The predicted molar refractivity (Wildman–Crippen MR) is 102 cm³/mol. The van der Waals surface area contributed by atoms with Crippen molar-refractivity contribution in [2.45, 2.75) is 19.8 Å². The van der Waals surface area contributed by atoms with Gasteiger partial charge in [-0.2, -0.15) is 0 Å². The Morgan fingerprint density at radius 3 is 2.58 bits per heavy atom. The van der Waals surface area contributed by atoms with E-state index in [1.54, 1.807) is 24.1 Å². The summed E-state index contributed by atoms with van der Waals surface area (Å²) in [5, 5.41) is 0. The number of fused-ring (bicyclic) bond motifs is 1. The van der Waals surface area contributed by atoms with Crippen LogP contribution >= 0.6 is 0 Å². The summed E-state index contributed by atoms with van der Waals surface area (Å²) < 4.78 is 32.5. The van der Waals surface area contributed by atoms with Crippen LogP contribution in [0.5, 0.6) is 5.75 Å². The second-order valence-electron chi connectivity index (χ2n) is 6.28. The summed E-state index contributed by atoms with van der Waals surface area (Å²) in [5.41, 5.74) is 3.31. The van der Waals surface area contributed by atoms with Crippen LogP contribution in [0, 0.1) is 0 Å². The van der Waals surface area contributed by atoms with Crippen LogP contribution in [0.15, 0.2) is 42.5 Å². The number of benzene rings is 2. The van der Waals surface area contributed by atoms with Gasteiger partial charge < -0.3 is 9.64 Å². The van der Waals surface area contributed by atoms with Crippen molar-refractivity contribution in [3.05, 3.63) is 53.6 Å². The van der Waals surface area contributed by atoms with Crippen LogP contribution in [0.4, 0.5) is 11.4 Å². The molecule has 2 aromatic carbocycles. The van der Waals surface area contributed by atoms with E-state index in [-0.39, 0.29) is 11.7 Å². The average Bonchev–Trinajstić information content (AvgIpc) is 3.03. The molecule has 1 aliphatic heterocycles. The van der Waals surface area contributed by atoms with Gasteiger partial charge in [0.05, 0.1) is 12.9 Å². The minimum Gasteiger partial charge on any atom is -0.497 e. The van der Waals surface area contributed by atoms with Crippen LogP contribution in [-0.2, 0) is 27.7 Å². The molecule has 0 spiro atoms. The van der Waals surface area contributed by atoms with E-state index in [0.29, 0.717) is 18.7 Å². The number of hydrogen-bond acceptors (Lipinski definition) is 4. The van der Waals surface area contributed by atoms with Crippen LogP contribution in [0.25, 0.3) is 0 Å². The van der Waals surface area contributed by atoms with E-state index >= 15 is 0 Å². The summed E-state index contributed by atoms with van der Waals surface area (Å²) in [6.45, 7) is 2.17. The second-order valence-corrected chi connectivity index (χ2v) is 8.13. The van der Waals surface area contributed by atoms with Crippen molar-refractivity contribution in [1.29, 1.82) is 0 Å². The molecule has 1 aliphatic rings. The number of rotatable bonds is 6. The lowest BCUT2D eigenvalue weighted by Crippen LogP contribution is -2.25. The standard InChI is InChI=1S/C19H22N2O4S/c1-14(22)21-11-9-16-13-17(5-8-19(16)21)20-26(23,24)12-10-15-3-6-18(25-2)7-4-15/h3-8,13,20H,9-12H2,1-2H3. The Kier molecular flexibility index (Phi) is 5.18. The molecular formula is C19H22N2O4S. The minimum atomic E-state index is -3.46. The Hall–Kier alpha value is -2.54. The number of carbonyl (C=O) groups excluding carboxylic acids is 1. The summed E-state index contributed by atoms with van der Waals surface area (Å²) in [7, 11) is -1.86. The number of aryl methyl sites for hydroxylation is 1. The van der Waals surface area contributed by atoms with Gasteiger partial charge in [-0.1, -0.05) is 12.1 Å². The molecule has 1 N–H and O–H groups in total. The average molecular weight is 374 g/mol. The Bertz CT molecular complexity index is 908. The number of sulfonamides is 1. The zero-order chi connectivity index (χ0) is 18.7. The molecule has 0 radical (unpaired) electrons. The third-order valence-electron chi connectivity index (χ3n) is 4.45. The van der Waals surface area contributed by atoms with Crippen molar-refractivity contribution in [1.82, 2.24) is 0 Å². The summed E-state index contributed by atoms with van der Waals surface area (Å²) in [6, 6.07) is 12.7. The normalized spacial score (nSPS) is 13.4. The molecule has 0 atom stereocenters. The van der Waals surface area contributed by atoms with Gasteiger partial charge in [0.2, 0.25) is 15.9 Å². The molecule has 0 fully saturated rings. The highest BCUT2D eigenvalue weighted by Gasteiger charge is 2.22. The molecule has 0 saturated carbocycles. The van der Waals surface area contributed by atoms with Gasteiger partial charge in [0, 0.05) is 24.8 Å². The van der Waals surface area contributed by atoms with E-state index in [1.807, 2.05) is 30.3 Å². The number of hydrogen-bond donors (Lipinski definition) is 1. The summed E-state index contributed by atoms with van der Waals surface area (Å²) in [4.78, 5) is 13.3. The number of nitrogens with zero attached hydrogens (tertiary/aromatic N) is 1. The molecular weight excluding hydrogens is 352 g/mol. The van der Waals surface area contributed by atoms with Gasteiger partial charge in [0.1, 0.15) is 5.75 Å². The van der Waals surface area contributed by atoms with Crippen LogP contribution in [0.2, 0.25) is 0 Å². The number of anilines is 2. The first-order valence-electron chi connectivity index (χ1n) is 8.42. The summed E-state index contributed by atoms with van der Waals surface area (Å²) in [5.74, 6) is 0.736. The predicted octanol–water partition coefficient (Wildman–Crippen LogP) is 2.59. The quantitative estimate of drug-likeness (QED) is 0.843. The largest absolute Gasteiger partial charge is 0.497 e. The second kappa shape index (κ2) is 7.37. The molecule has 0 unspecified atom stereocenters. The molecule has 0 aromatic heterocycles. The van der Waals surface area contributed by atoms with Crippen LogP contribution in [0.1, 0.15) is 18.1 Å². The third-order valence-corrected chi connectivity index (χ3v) is 5.74. The molecule has 26 heavy (non-hydrogen) atoms. The summed E-state index contributed by atoms with van der Waals surface area (Å²) >= 11 is 0. The molecule has 6 nitrogen and oxygen atoms in total. The van der Waals surface area contributed by atoms with Crippen molar-refractivity contribution in [3.8, 4) is 5.75 Å². The highest BCUT2D eigenvalue weighted by Crippen LogP contribution is 2.30. The van der Waals surface area contributed by atoms with E-state index in [1.165, 1.54) is 6.92 Å². The number of ether oxygens (including phenoxy) is 1. The van der Waals surface area contributed by atoms with Crippen molar-refractivity contribution >= 4 is 27.3 Å². The highest BCUT2D eigenvalue weighted by molar-refractivity contribution is 7.92. The van der Waals surface area contributed by atoms with E-state index in [4.69, 9.17) is 4.74 Å². The Morgan fingerprint density at radius 2 is 1.92 bits per heavy atom. The fourth-order valence-corrected chi connectivity index (χ4v) is 4.16. The van der Waals surface area contributed by atoms with Crippen LogP contribution in [0.3, 0.4) is 0 Å². The van der Waals surface area contributed by atoms with Gasteiger partial charge in [-0.05, 0) is 54.3 Å². The monoisotopic (exact) mass is 374 g/mol. The van der Waals surface area contributed by atoms with Crippen molar-refractivity contribution in [2.24, 2.45) is 0 Å². The van der Waals surface area contributed by atoms with E-state index in [2.05, 4.69) is 4.72 Å². The maximum atomic E-state index is 12.4. The molecule has 2 aromatic rings. The smallest absolute Gasteiger partial charge is 0.233 e. The third kappa shape index (κ3) is 4.16. The first kappa shape index (κ1) is 18.3. The Labute approximate surface area is 153 Å². The van der Waals surface area contributed by atoms with Gasteiger partial charge in [0.25, 0.3) is 0 Å².